The molecule has 24 heavy (non-hydrogen) atoms. The van der Waals surface area contributed by atoms with E-state index in [0.717, 1.165) is 30.8 Å². The number of likely N-dealkylation sites (N-methyl/N-ethyl adjacent to an activating group) is 1. The minimum absolute atomic E-state index is 0.181. The van der Waals surface area contributed by atoms with Crippen molar-refractivity contribution < 1.29 is 14.6 Å². The standard InChI is InChI=1S/C18H29N3O3/c1-3-21-11-5-4-6-15(21)12-19-18(23)20-13-17(22)14-7-9-16(24-2)10-8-14/h7-10,15,17,22H,3-6,11-13H2,1-2H3,(H2,19,20,23)/t15-,17+/m1/s1. The van der Waals surface area contributed by atoms with Gasteiger partial charge in [0.2, 0.25) is 0 Å². The highest BCUT2D eigenvalue weighted by Gasteiger charge is 2.21. The maximum absolute atomic E-state index is 11.9. The third-order valence-electron chi connectivity index (χ3n) is 4.61. The van der Waals surface area contributed by atoms with Gasteiger partial charge in [0.1, 0.15) is 5.75 Å². The Bertz CT molecular complexity index is 507. The van der Waals surface area contributed by atoms with Crippen LogP contribution in [0.4, 0.5) is 4.79 Å². The predicted molar refractivity (Wildman–Crippen MR) is 94.2 cm³/mol. The number of hydrogen-bond donors (Lipinski definition) is 3. The first-order valence-corrected chi connectivity index (χ1v) is 8.71. The van der Waals surface area contributed by atoms with E-state index in [-0.39, 0.29) is 12.6 Å². The van der Waals surface area contributed by atoms with E-state index in [1.54, 1.807) is 31.4 Å². The van der Waals surface area contributed by atoms with Crippen LogP contribution in [0, 0.1) is 0 Å². The summed E-state index contributed by atoms with van der Waals surface area (Å²) in [6.07, 6.45) is 2.86. The summed E-state index contributed by atoms with van der Waals surface area (Å²) in [7, 11) is 1.60. The van der Waals surface area contributed by atoms with Gasteiger partial charge in [-0.25, -0.2) is 4.79 Å². The molecule has 1 heterocycles. The number of carbonyl (C=O) groups excluding carboxylic acids is 1. The van der Waals surface area contributed by atoms with Crippen molar-refractivity contribution >= 4 is 6.03 Å². The minimum Gasteiger partial charge on any atom is -0.497 e. The number of rotatable bonds is 7. The molecular formula is C18H29N3O3. The van der Waals surface area contributed by atoms with E-state index in [0.29, 0.717) is 12.6 Å². The Morgan fingerprint density at radius 3 is 2.75 bits per heavy atom. The molecule has 0 spiro atoms. The van der Waals surface area contributed by atoms with Gasteiger partial charge in [-0.3, -0.25) is 4.90 Å². The van der Waals surface area contributed by atoms with Crippen molar-refractivity contribution in [1.29, 1.82) is 0 Å². The molecule has 2 atom stereocenters. The Labute approximate surface area is 144 Å². The minimum atomic E-state index is -0.733. The fourth-order valence-electron chi connectivity index (χ4n) is 3.11. The molecule has 134 valence electrons. The number of carbonyl (C=O) groups is 1. The summed E-state index contributed by atoms with van der Waals surface area (Å²) in [6.45, 7) is 5.12. The Kier molecular flexibility index (Phi) is 7.34. The van der Waals surface area contributed by atoms with E-state index in [1.165, 1.54) is 12.8 Å². The molecule has 1 aliphatic heterocycles. The van der Waals surface area contributed by atoms with E-state index in [2.05, 4.69) is 22.5 Å². The van der Waals surface area contributed by atoms with Crippen LogP contribution in [0.3, 0.4) is 0 Å². The van der Waals surface area contributed by atoms with Crippen molar-refractivity contribution in [2.75, 3.05) is 33.3 Å². The number of aliphatic hydroxyl groups excluding tert-OH is 1. The van der Waals surface area contributed by atoms with Crippen LogP contribution in [-0.2, 0) is 0 Å². The highest BCUT2D eigenvalue weighted by Crippen LogP contribution is 2.17. The third kappa shape index (κ3) is 5.39. The van der Waals surface area contributed by atoms with Gasteiger partial charge in [-0.2, -0.15) is 0 Å². The zero-order valence-corrected chi connectivity index (χ0v) is 14.6. The molecule has 0 unspecified atom stereocenters. The lowest BCUT2D eigenvalue weighted by atomic mass is 10.0. The second kappa shape index (κ2) is 9.49. The molecule has 6 nitrogen and oxygen atoms in total. The second-order valence-electron chi connectivity index (χ2n) is 6.16. The molecule has 0 bridgehead atoms. The molecule has 1 saturated heterocycles. The van der Waals surface area contributed by atoms with Crippen LogP contribution < -0.4 is 15.4 Å². The van der Waals surface area contributed by atoms with Crippen LogP contribution in [0.5, 0.6) is 5.75 Å². The first-order valence-electron chi connectivity index (χ1n) is 8.71. The molecule has 1 aromatic carbocycles. The number of ether oxygens (including phenoxy) is 1. The number of amides is 2. The molecule has 0 aromatic heterocycles. The van der Waals surface area contributed by atoms with Crippen molar-refractivity contribution in [2.24, 2.45) is 0 Å². The Morgan fingerprint density at radius 2 is 2.08 bits per heavy atom. The predicted octanol–water partition coefficient (Wildman–Crippen LogP) is 1.90. The summed E-state index contributed by atoms with van der Waals surface area (Å²) >= 11 is 0. The molecule has 0 aliphatic carbocycles. The van der Waals surface area contributed by atoms with E-state index in [9.17, 15) is 9.90 Å². The van der Waals surface area contributed by atoms with Crippen LogP contribution in [0.1, 0.15) is 37.9 Å². The van der Waals surface area contributed by atoms with Gasteiger partial charge in [0.15, 0.2) is 0 Å². The number of benzene rings is 1. The molecule has 1 fully saturated rings. The number of methoxy groups -OCH3 is 1. The summed E-state index contributed by atoms with van der Waals surface area (Å²) in [4.78, 5) is 14.4. The Hall–Kier alpha value is -1.79. The first kappa shape index (κ1) is 18.5. The topological polar surface area (TPSA) is 73.8 Å². The summed E-state index contributed by atoms with van der Waals surface area (Å²) in [6, 6.07) is 7.36. The first-order chi connectivity index (χ1) is 11.6. The van der Waals surface area contributed by atoms with Gasteiger partial charge < -0.3 is 20.5 Å². The van der Waals surface area contributed by atoms with Crippen molar-refractivity contribution in [1.82, 2.24) is 15.5 Å². The quantitative estimate of drug-likeness (QED) is 0.711. The van der Waals surface area contributed by atoms with Gasteiger partial charge >= 0.3 is 6.03 Å². The van der Waals surface area contributed by atoms with Crippen LogP contribution in [0.2, 0.25) is 0 Å². The van der Waals surface area contributed by atoms with Gasteiger partial charge in [-0.05, 0) is 43.6 Å². The molecule has 0 saturated carbocycles. The number of nitrogens with one attached hydrogen (secondary N) is 2. The summed E-state index contributed by atoms with van der Waals surface area (Å²) in [5.41, 5.74) is 0.750. The summed E-state index contributed by atoms with van der Waals surface area (Å²) in [5.74, 6) is 0.740. The molecule has 0 radical (unpaired) electrons. The van der Waals surface area contributed by atoms with Gasteiger partial charge in [0, 0.05) is 19.1 Å². The van der Waals surface area contributed by atoms with Gasteiger partial charge in [0.05, 0.1) is 13.2 Å². The smallest absolute Gasteiger partial charge is 0.314 e. The highest BCUT2D eigenvalue weighted by atomic mass is 16.5. The molecule has 2 amide bonds. The zero-order chi connectivity index (χ0) is 17.4. The SMILES string of the molecule is CCN1CCCC[C@@H]1CNC(=O)NC[C@H](O)c1ccc(OC)cc1. The maximum atomic E-state index is 11.9. The lowest BCUT2D eigenvalue weighted by molar-refractivity contribution is 0.151. The number of hydrogen-bond acceptors (Lipinski definition) is 4. The molecule has 6 heteroatoms. The van der Waals surface area contributed by atoms with E-state index >= 15 is 0 Å². The average molecular weight is 335 g/mol. The van der Waals surface area contributed by atoms with Gasteiger partial charge in [-0.1, -0.05) is 25.5 Å². The summed E-state index contributed by atoms with van der Waals surface area (Å²) < 4.78 is 5.09. The largest absolute Gasteiger partial charge is 0.497 e. The van der Waals surface area contributed by atoms with Crippen molar-refractivity contribution in [3.05, 3.63) is 29.8 Å². The second-order valence-corrected chi connectivity index (χ2v) is 6.16. The average Bonchev–Trinajstić information content (AvgIpc) is 2.64. The van der Waals surface area contributed by atoms with Crippen LogP contribution >= 0.6 is 0 Å². The van der Waals surface area contributed by atoms with E-state index in [4.69, 9.17) is 4.74 Å². The number of likely N-dealkylation sites (tertiary alicyclic amines) is 1. The van der Waals surface area contributed by atoms with Gasteiger partial charge in [-0.15, -0.1) is 0 Å². The fraction of sp³-hybridized carbons (Fsp3) is 0.611. The Morgan fingerprint density at radius 1 is 1.33 bits per heavy atom. The number of nitrogens with zero attached hydrogens (tertiary/aromatic N) is 1. The van der Waals surface area contributed by atoms with Crippen molar-refractivity contribution in [3.8, 4) is 5.75 Å². The van der Waals surface area contributed by atoms with Gasteiger partial charge in [0.25, 0.3) is 0 Å². The lowest BCUT2D eigenvalue weighted by Crippen LogP contribution is -2.48. The van der Waals surface area contributed by atoms with Crippen molar-refractivity contribution in [3.63, 3.8) is 0 Å². The number of aliphatic hydroxyl groups is 1. The van der Waals surface area contributed by atoms with E-state index in [1.807, 2.05) is 0 Å². The third-order valence-corrected chi connectivity index (χ3v) is 4.61. The zero-order valence-electron chi connectivity index (χ0n) is 14.6. The molecule has 1 aliphatic rings. The monoisotopic (exact) mass is 335 g/mol. The molecule has 3 N–H and O–H groups in total. The van der Waals surface area contributed by atoms with Crippen LogP contribution in [0.25, 0.3) is 0 Å². The lowest BCUT2D eigenvalue weighted by Gasteiger charge is -2.34. The summed E-state index contributed by atoms with van der Waals surface area (Å²) in [5, 5.41) is 15.8. The molecule has 1 aromatic rings. The fourth-order valence-corrected chi connectivity index (χ4v) is 3.11. The number of piperidine rings is 1. The highest BCUT2D eigenvalue weighted by molar-refractivity contribution is 5.73. The maximum Gasteiger partial charge on any atom is 0.314 e. The van der Waals surface area contributed by atoms with Crippen LogP contribution in [0.15, 0.2) is 24.3 Å². The normalized spacial score (nSPS) is 19.5. The molecular weight excluding hydrogens is 306 g/mol. The number of urea groups is 1. The van der Waals surface area contributed by atoms with E-state index < -0.39 is 6.10 Å². The Balaban J connectivity index is 1.71. The molecule has 2 rings (SSSR count). The van der Waals surface area contributed by atoms with Crippen molar-refractivity contribution in [2.45, 2.75) is 38.3 Å². The van der Waals surface area contributed by atoms with Crippen LogP contribution in [-0.4, -0.2) is 55.4 Å².